The van der Waals surface area contributed by atoms with Crippen molar-refractivity contribution in [2.45, 2.75) is 39.3 Å². The van der Waals surface area contributed by atoms with Crippen LogP contribution in [0, 0.1) is 0 Å². The smallest absolute Gasteiger partial charge is 0.193 e. The summed E-state index contributed by atoms with van der Waals surface area (Å²) in [5.41, 5.74) is 1.56. The van der Waals surface area contributed by atoms with Gasteiger partial charge in [-0.2, -0.15) is 0 Å². The third-order valence-corrected chi connectivity index (χ3v) is 8.16. The number of rotatable bonds is 4. The molecule has 0 aliphatic rings. The van der Waals surface area contributed by atoms with Crippen LogP contribution in [0.1, 0.15) is 15.9 Å². The van der Waals surface area contributed by atoms with Crippen molar-refractivity contribution < 1.29 is 4.79 Å². The van der Waals surface area contributed by atoms with Crippen LogP contribution in [0.3, 0.4) is 0 Å². The van der Waals surface area contributed by atoms with E-state index >= 15 is 0 Å². The predicted molar refractivity (Wildman–Crippen MR) is 102 cm³/mol. The van der Waals surface area contributed by atoms with Crippen LogP contribution in [0.15, 0.2) is 48.5 Å². The summed E-state index contributed by atoms with van der Waals surface area (Å²) in [5, 5.41) is 2.77. The van der Waals surface area contributed by atoms with Gasteiger partial charge in [0, 0.05) is 11.1 Å². The van der Waals surface area contributed by atoms with Gasteiger partial charge in [0.15, 0.2) is 5.78 Å². The van der Waals surface area contributed by atoms with Crippen LogP contribution in [0.5, 0.6) is 0 Å². The van der Waals surface area contributed by atoms with E-state index in [2.05, 4.69) is 63.5 Å². The van der Waals surface area contributed by atoms with Crippen molar-refractivity contribution in [3.05, 3.63) is 59.7 Å². The second-order valence-corrected chi connectivity index (χ2v) is 18.1. The summed E-state index contributed by atoms with van der Waals surface area (Å²) in [4.78, 5) is 12.6. The molecule has 2 rings (SSSR count). The molecule has 2 aromatic rings. The average molecular weight is 327 g/mol. The summed E-state index contributed by atoms with van der Waals surface area (Å²) < 4.78 is 0. The standard InChI is InChI=1S/C19H26OSi2/c1-21(2,3)17-11-7-15(8-12-17)19(20)16-9-13-18(14-10-16)22(4,5)6/h7-14H,1-6H3. The van der Waals surface area contributed by atoms with E-state index in [4.69, 9.17) is 0 Å². The minimum absolute atomic E-state index is 0.115. The number of hydrogen-bond donors (Lipinski definition) is 0. The molecule has 0 unspecified atom stereocenters. The molecular formula is C19H26OSi2. The molecule has 0 N–H and O–H groups in total. The van der Waals surface area contributed by atoms with Crippen LogP contribution in [-0.2, 0) is 0 Å². The molecule has 0 radical (unpaired) electrons. The van der Waals surface area contributed by atoms with Gasteiger partial charge in [0.1, 0.15) is 0 Å². The van der Waals surface area contributed by atoms with Gasteiger partial charge in [-0.05, 0) is 0 Å². The van der Waals surface area contributed by atoms with Crippen molar-refractivity contribution in [1.82, 2.24) is 0 Å². The van der Waals surface area contributed by atoms with Gasteiger partial charge in [-0.15, -0.1) is 0 Å². The molecule has 3 heteroatoms. The molecule has 0 atom stereocenters. The Balaban J connectivity index is 2.25. The molecular weight excluding hydrogens is 300 g/mol. The summed E-state index contributed by atoms with van der Waals surface area (Å²) in [6.45, 7) is 13.9. The molecule has 0 fully saturated rings. The summed E-state index contributed by atoms with van der Waals surface area (Å²) in [7, 11) is -2.61. The zero-order chi connectivity index (χ0) is 16.5. The zero-order valence-electron chi connectivity index (χ0n) is 14.5. The Morgan fingerprint density at radius 1 is 0.591 bits per heavy atom. The maximum atomic E-state index is 12.6. The van der Waals surface area contributed by atoms with E-state index in [1.165, 1.54) is 10.4 Å². The molecule has 0 bridgehead atoms. The van der Waals surface area contributed by atoms with E-state index in [9.17, 15) is 4.79 Å². The van der Waals surface area contributed by atoms with Crippen molar-refractivity contribution in [2.24, 2.45) is 0 Å². The van der Waals surface area contributed by atoms with Gasteiger partial charge in [-0.25, -0.2) is 0 Å². The first-order valence-electron chi connectivity index (χ1n) is 7.85. The Hall–Kier alpha value is -1.46. The first kappa shape index (κ1) is 16.9. The third kappa shape index (κ3) is 3.84. The van der Waals surface area contributed by atoms with Gasteiger partial charge in [0.05, 0.1) is 16.1 Å². The second kappa shape index (κ2) is 5.97. The minimum atomic E-state index is -1.31. The first-order chi connectivity index (χ1) is 10.1. The van der Waals surface area contributed by atoms with Crippen LogP contribution >= 0.6 is 0 Å². The molecule has 0 heterocycles. The van der Waals surface area contributed by atoms with Crippen molar-refractivity contribution in [3.63, 3.8) is 0 Å². The molecule has 1 nitrogen and oxygen atoms in total. The number of benzene rings is 2. The van der Waals surface area contributed by atoms with E-state index in [1.807, 2.05) is 24.3 Å². The predicted octanol–water partition coefficient (Wildman–Crippen LogP) is 4.01. The monoisotopic (exact) mass is 326 g/mol. The van der Waals surface area contributed by atoms with Crippen LogP contribution in [0.2, 0.25) is 39.3 Å². The lowest BCUT2D eigenvalue weighted by Gasteiger charge is -2.17. The Labute approximate surface area is 136 Å². The van der Waals surface area contributed by atoms with E-state index < -0.39 is 16.1 Å². The molecule has 116 valence electrons. The van der Waals surface area contributed by atoms with Crippen LogP contribution < -0.4 is 10.4 Å². The second-order valence-electron chi connectivity index (χ2n) is 7.98. The molecule has 0 aromatic heterocycles. The van der Waals surface area contributed by atoms with Crippen molar-refractivity contribution in [1.29, 1.82) is 0 Å². The first-order valence-corrected chi connectivity index (χ1v) is 14.8. The Morgan fingerprint density at radius 2 is 0.864 bits per heavy atom. The molecule has 0 amide bonds. The van der Waals surface area contributed by atoms with Crippen molar-refractivity contribution in [2.75, 3.05) is 0 Å². The topological polar surface area (TPSA) is 17.1 Å². The Morgan fingerprint density at radius 3 is 1.09 bits per heavy atom. The summed E-state index contributed by atoms with van der Waals surface area (Å²) in [5.74, 6) is 0.115. The molecule has 2 aromatic carbocycles. The highest BCUT2D eigenvalue weighted by Gasteiger charge is 2.18. The molecule has 0 saturated heterocycles. The van der Waals surface area contributed by atoms with E-state index in [0.29, 0.717) is 0 Å². The van der Waals surface area contributed by atoms with E-state index in [1.54, 1.807) is 0 Å². The maximum absolute atomic E-state index is 12.6. The molecule has 22 heavy (non-hydrogen) atoms. The van der Waals surface area contributed by atoms with Crippen LogP contribution in [0.4, 0.5) is 0 Å². The highest BCUT2D eigenvalue weighted by molar-refractivity contribution is 6.89. The lowest BCUT2D eigenvalue weighted by molar-refractivity contribution is 0.103. The van der Waals surface area contributed by atoms with E-state index in [0.717, 1.165) is 11.1 Å². The summed E-state index contributed by atoms with van der Waals surface area (Å²) >= 11 is 0. The number of ketones is 1. The van der Waals surface area contributed by atoms with Gasteiger partial charge in [-0.1, -0.05) is 98.2 Å². The highest BCUT2D eigenvalue weighted by Crippen LogP contribution is 2.11. The van der Waals surface area contributed by atoms with Gasteiger partial charge >= 0.3 is 0 Å². The normalized spacial score (nSPS) is 12.3. The van der Waals surface area contributed by atoms with Crippen LogP contribution in [-0.4, -0.2) is 21.9 Å². The fraction of sp³-hybridized carbons (Fsp3) is 0.316. The Kier molecular flexibility index (Phi) is 4.59. The quantitative estimate of drug-likeness (QED) is 0.613. The zero-order valence-corrected chi connectivity index (χ0v) is 16.5. The lowest BCUT2D eigenvalue weighted by Crippen LogP contribution is -2.37. The summed E-state index contributed by atoms with van der Waals surface area (Å²) in [6, 6.07) is 16.4. The molecule has 0 aliphatic heterocycles. The molecule has 0 saturated carbocycles. The van der Waals surface area contributed by atoms with Gasteiger partial charge in [0.2, 0.25) is 0 Å². The fourth-order valence-electron chi connectivity index (χ4n) is 2.41. The molecule has 0 spiro atoms. The fourth-order valence-corrected chi connectivity index (χ4v) is 4.74. The average Bonchev–Trinajstić information content (AvgIpc) is 2.45. The van der Waals surface area contributed by atoms with Crippen molar-refractivity contribution in [3.8, 4) is 0 Å². The minimum Gasteiger partial charge on any atom is -0.289 e. The number of carbonyl (C=O) groups is 1. The molecule has 0 aliphatic carbocycles. The van der Waals surface area contributed by atoms with Gasteiger partial charge in [-0.3, -0.25) is 4.79 Å². The van der Waals surface area contributed by atoms with Gasteiger partial charge in [0.25, 0.3) is 0 Å². The SMILES string of the molecule is C[Si](C)(C)c1ccc(C(=O)c2ccc([Si](C)(C)C)cc2)cc1. The van der Waals surface area contributed by atoms with Gasteiger partial charge < -0.3 is 0 Å². The highest BCUT2D eigenvalue weighted by atomic mass is 28.3. The van der Waals surface area contributed by atoms with Crippen molar-refractivity contribution >= 4 is 32.3 Å². The van der Waals surface area contributed by atoms with E-state index in [-0.39, 0.29) is 5.78 Å². The summed E-state index contributed by atoms with van der Waals surface area (Å²) in [6.07, 6.45) is 0. The lowest BCUT2D eigenvalue weighted by atomic mass is 10.0. The number of carbonyl (C=O) groups excluding carboxylic acids is 1. The van der Waals surface area contributed by atoms with Crippen LogP contribution in [0.25, 0.3) is 0 Å². The third-order valence-electron chi connectivity index (χ3n) is 4.03. The number of hydrogen-bond acceptors (Lipinski definition) is 1. The largest absolute Gasteiger partial charge is 0.289 e. The maximum Gasteiger partial charge on any atom is 0.193 e. The Bertz CT molecular complexity index is 597.